The molecule has 28 heavy (non-hydrogen) atoms. The minimum atomic E-state index is -0.268. The highest BCUT2D eigenvalue weighted by atomic mass is 35.5. The Labute approximate surface area is 175 Å². The van der Waals surface area contributed by atoms with Crippen LogP contribution in [-0.2, 0) is 6.54 Å². The van der Waals surface area contributed by atoms with Gasteiger partial charge in [-0.15, -0.1) is 0 Å². The number of hydrogen-bond acceptors (Lipinski definition) is 2. The largest absolute Gasteiger partial charge is 0.323 e. The minimum absolute atomic E-state index is 0.0754. The molecule has 3 rings (SSSR count). The second-order valence-electron chi connectivity index (χ2n) is 7.18. The maximum absolute atomic E-state index is 13.6. The molecule has 150 valence electrons. The van der Waals surface area contributed by atoms with Crippen LogP contribution in [0.5, 0.6) is 0 Å². The van der Waals surface area contributed by atoms with Crippen molar-refractivity contribution < 1.29 is 9.18 Å². The lowest BCUT2D eigenvalue weighted by atomic mass is 10.00. The molecule has 4 nitrogen and oxygen atoms in total. The van der Waals surface area contributed by atoms with E-state index in [0.29, 0.717) is 29.7 Å². The van der Waals surface area contributed by atoms with E-state index in [1.54, 1.807) is 24.1 Å². The number of hydrogen-bond donors (Lipinski definition) is 1. The lowest BCUT2D eigenvalue weighted by Crippen LogP contribution is -2.44. The van der Waals surface area contributed by atoms with Crippen LogP contribution in [0, 0.1) is 12.7 Å². The third-order valence-corrected chi connectivity index (χ3v) is 5.41. The molecule has 0 saturated carbocycles. The third-order valence-electron chi connectivity index (χ3n) is 4.97. The van der Waals surface area contributed by atoms with Crippen molar-refractivity contribution in [3.63, 3.8) is 0 Å². The summed E-state index contributed by atoms with van der Waals surface area (Å²) in [5, 5.41) is 4.47. The van der Waals surface area contributed by atoms with Crippen LogP contribution < -0.4 is 5.32 Å². The van der Waals surface area contributed by atoms with Crippen LogP contribution in [0.4, 0.5) is 9.18 Å². The van der Waals surface area contributed by atoms with Gasteiger partial charge < -0.3 is 15.1 Å². The van der Waals surface area contributed by atoms with Gasteiger partial charge in [0, 0.05) is 36.7 Å². The van der Waals surface area contributed by atoms with Crippen molar-refractivity contribution in [1.29, 1.82) is 0 Å². The summed E-state index contributed by atoms with van der Waals surface area (Å²) in [7, 11) is 1.77. The molecule has 0 aliphatic carbocycles. The van der Waals surface area contributed by atoms with E-state index in [2.05, 4.69) is 5.32 Å². The van der Waals surface area contributed by atoms with Gasteiger partial charge in [-0.25, -0.2) is 9.18 Å². The van der Waals surface area contributed by atoms with Gasteiger partial charge >= 0.3 is 6.03 Å². The highest BCUT2D eigenvalue weighted by molar-refractivity contribution is 6.34. The van der Waals surface area contributed by atoms with Gasteiger partial charge in [-0.2, -0.15) is 0 Å². The highest BCUT2D eigenvalue weighted by Gasteiger charge is 2.29. The lowest BCUT2D eigenvalue weighted by molar-refractivity contribution is 0.143. The van der Waals surface area contributed by atoms with E-state index >= 15 is 0 Å². The zero-order chi connectivity index (χ0) is 20.3. The number of aryl methyl sites for hydroxylation is 1. The second kappa shape index (κ2) is 9.12. The number of nitrogens with one attached hydrogen (secondary N) is 1. The molecular formula is C21H24Cl2FN3O. The number of benzene rings is 2. The fourth-order valence-corrected chi connectivity index (χ4v) is 4.23. The van der Waals surface area contributed by atoms with Crippen LogP contribution in [0.3, 0.4) is 0 Å². The van der Waals surface area contributed by atoms with Crippen molar-refractivity contribution in [1.82, 2.24) is 15.1 Å². The predicted octanol–water partition coefficient (Wildman–Crippen LogP) is 5.03. The quantitative estimate of drug-likeness (QED) is 0.751. The van der Waals surface area contributed by atoms with E-state index in [0.717, 1.165) is 29.7 Å². The molecule has 7 heteroatoms. The Bertz CT molecular complexity index is 841. The summed E-state index contributed by atoms with van der Waals surface area (Å²) >= 11 is 12.2. The number of amides is 2. The van der Waals surface area contributed by atoms with Gasteiger partial charge in [0.25, 0.3) is 0 Å². The molecule has 2 amide bonds. The van der Waals surface area contributed by atoms with E-state index in [9.17, 15) is 9.18 Å². The first-order chi connectivity index (χ1) is 13.3. The first-order valence-corrected chi connectivity index (χ1v) is 10.0. The minimum Gasteiger partial charge on any atom is -0.323 e. The number of nitrogens with zero attached hydrogens (tertiary/aromatic N) is 2. The van der Waals surface area contributed by atoms with Crippen molar-refractivity contribution in [2.75, 3.05) is 26.7 Å². The predicted molar refractivity (Wildman–Crippen MR) is 111 cm³/mol. The first-order valence-electron chi connectivity index (χ1n) is 9.28. The maximum atomic E-state index is 13.6. The summed E-state index contributed by atoms with van der Waals surface area (Å²) < 4.78 is 13.6. The summed E-state index contributed by atoms with van der Waals surface area (Å²) in [5.41, 5.74) is 2.68. The topological polar surface area (TPSA) is 35.6 Å². The molecular weight excluding hydrogens is 400 g/mol. The van der Waals surface area contributed by atoms with E-state index in [1.165, 1.54) is 12.1 Å². The number of urea groups is 1. The Hall–Kier alpha value is -1.82. The van der Waals surface area contributed by atoms with E-state index in [1.807, 2.05) is 24.0 Å². The zero-order valence-electron chi connectivity index (χ0n) is 16.0. The van der Waals surface area contributed by atoms with E-state index in [4.69, 9.17) is 23.2 Å². The average molecular weight is 424 g/mol. The van der Waals surface area contributed by atoms with Crippen LogP contribution in [-0.4, -0.2) is 42.5 Å². The fraction of sp³-hybridized carbons (Fsp3) is 0.381. The molecule has 0 spiro atoms. The Kier molecular flexibility index (Phi) is 6.81. The molecule has 0 unspecified atom stereocenters. The van der Waals surface area contributed by atoms with Crippen molar-refractivity contribution >= 4 is 29.2 Å². The van der Waals surface area contributed by atoms with Crippen molar-refractivity contribution in [2.45, 2.75) is 25.9 Å². The molecule has 2 aromatic carbocycles. The first kappa shape index (κ1) is 20.9. The van der Waals surface area contributed by atoms with Crippen LogP contribution in [0.2, 0.25) is 10.0 Å². The Morgan fingerprint density at radius 3 is 2.64 bits per heavy atom. The summed E-state index contributed by atoms with van der Waals surface area (Å²) in [5.74, 6) is -0.268. The Morgan fingerprint density at radius 2 is 1.96 bits per heavy atom. The zero-order valence-corrected chi connectivity index (χ0v) is 17.5. The van der Waals surface area contributed by atoms with Gasteiger partial charge in [0.2, 0.25) is 0 Å². The summed E-state index contributed by atoms with van der Waals surface area (Å²) in [6, 6.07) is 9.80. The molecule has 0 radical (unpaired) electrons. The number of halogens is 3. The fourth-order valence-electron chi connectivity index (χ4n) is 3.66. The molecule has 1 N–H and O–H groups in total. The average Bonchev–Trinajstić information content (AvgIpc) is 2.86. The van der Waals surface area contributed by atoms with Crippen LogP contribution in [0.15, 0.2) is 36.4 Å². The lowest BCUT2D eigenvalue weighted by Gasteiger charge is -2.34. The van der Waals surface area contributed by atoms with Crippen LogP contribution in [0.25, 0.3) is 0 Å². The highest BCUT2D eigenvalue weighted by Crippen LogP contribution is 2.27. The van der Waals surface area contributed by atoms with Crippen molar-refractivity contribution in [3.8, 4) is 0 Å². The third kappa shape index (κ3) is 4.96. The monoisotopic (exact) mass is 423 g/mol. The SMILES string of the molecule is Cc1cc(F)ccc1[C@H]1CNCCCN1C(=O)N(C)Cc1cc(Cl)cc(Cl)c1. The molecule has 1 saturated heterocycles. The normalized spacial score (nSPS) is 17.3. The molecule has 1 atom stereocenters. The van der Waals surface area contributed by atoms with Crippen molar-refractivity contribution in [2.24, 2.45) is 0 Å². The molecule has 1 heterocycles. The van der Waals surface area contributed by atoms with Gasteiger partial charge in [-0.3, -0.25) is 0 Å². The summed E-state index contributed by atoms with van der Waals surface area (Å²) in [6.07, 6.45) is 0.860. The Morgan fingerprint density at radius 1 is 1.25 bits per heavy atom. The summed E-state index contributed by atoms with van der Waals surface area (Å²) in [4.78, 5) is 16.8. The number of carbonyl (C=O) groups is 1. The van der Waals surface area contributed by atoms with Crippen LogP contribution in [0.1, 0.15) is 29.2 Å². The van der Waals surface area contributed by atoms with Gasteiger partial charge in [0.05, 0.1) is 6.04 Å². The van der Waals surface area contributed by atoms with Gasteiger partial charge in [-0.05, 0) is 66.9 Å². The van der Waals surface area contributed by atoms with Gasteiger partial charge in [0.1, 0.15) is 5.82 Å². The number of rotatable bonds is 3. The van der Waals surface area contributed by atoms with Crippen molar-refractivity contribution in [3.05, 3.63) is 69.0 Å². The Balaban J connectivity index is 1.83. The summed E-state index contributed by atoms with van der Waals surface area (Å²) in [6.45, 7) is 4.39. The van der Waals surface area contributed by atoms with Gasteiger partial charge in [0.15, 0.2) is 0 Å². The van der Waals surface area contributed by atoms with E-state index in [-0.39, 0.29) is 17.9 Å². The number of carbonyl (C=O) groups excluding carboxylic acids is 1. The molecule has 0 aromatic heterocycles. The smallest absolute Gasteiger partial charge is 0.320 e. The van der Waals surface area contributed by atoms with Gasteiger partial charge in [-0.1, -0.05) is 29.3 Å². The maximum Gasteiger partial charge on any atom is 0.320 e. The molecule has 1 fully saturated rings. The molecule has 0 bridgehead atoms. The molecule has 1 aliphatic rings. The van der Waals surface area contributed by atoms with E-state index < -0.39 is 0 Å². The molecule has 1 aliphatic heterocycles. The second-order valence-corrected chi connectivity index (χ2v) is 8.06. The van der Waals surface area contributed by atoms with Crippen LogP contribution >= 0.6 is 23.2 Å². The standard InChI is InChI=1S/C21H24Cl2FN3O/c1-14-8-18(24)4-5-19(14)20-12-25-6-3-7-27(20)21(28)26(2)13-15-9-16(22)11-17(23)10-15/h4-5,8-11,20,25H,3,6-7,12-13H2,1-2H3/t20-/m1/s1. The molecule has 2 aromatic rings.